The second kappa shape index (κ2) is 10.6. The zero-order chi connectivity index (χ0) is 25.1. The molecule has 1 fully saturated rings. The number of anilines is 3. The van der Waals surface area contributed by atoms with Gasteiger partial charge in [-0.2, -0.15) is 0 Å². The molecule has 0 saturated carbocycles. The van der Waals surface area contributed by atoms with Crippen LogP contribution in [0.2, 0.25) is 0 Å². The summed E-state index contributed by atoms with van der Waals surface area (Å²) in [4.78, 5) is 25.9. The minimum atomic E-state index is -0.0237. The Kier molecular flexibility index (Phi) is 7.15. The van der Waals surface area contributed by atoms with Crippen molar-refractivity contribution in [2.45, 2.75) is 13.8 Å². The molecule has 3 heterocycles. The molecule has 1 aliphatic heterocycles. The summed E-state index contributed by atoms with van der Waals surface area (Å²) in [6.07, 6.45) is 3.22. The van der Waals surface area contributed by atoms with E-state index in [1.165, 1.54) is 6.33 Å². The number of carbonyl (C=O) groups is 1. The van der Waals surface area contributed by atoms with E-state index >= 15 is 0 Å². The van der Waals surface area contributed by atoms with E-state index in [0.717, 1.165) is 39.6 Å². The summed E-state index contributed by atoms with van der Waals surface area (Å²) < 4.78 is 11.5. The monoisotopic (exact) mass is 519 g/mol. The van der Waals surface area contributed by atoms with Gasteiger partial charge in [0, 0.05) is 34.3 Å². The van der Waals surface area contributed by atoms with Crippen molar-refractivity contribution in [3.8, 4) is 17.2 Å². The molecule has 1 amide bonds. The number of nitrogens with one attached hydrogen (secondary N) is 2. The second-order valence-corrected chi connectivity index (χ2v) is 10.9. The lowest BCUT2D eigenvalue weighted by Crippen LogP contribution is -2.24. The van der Waals surface area contributed by atoms with Crippen molar-refractivity contribution in [3.63, 3.8) is 0 Å². The Morgan fingerprint density at radius 3 is 2.56 bits per heavy atom. The van der Waals surface area contributed by atoms with Crippen LogP contribution in [0, 0.1) is 19.8 Å². The largest absolute Gasteiger partial charge is 0.494 e. The first-order valence-corrected chi connectivity index (χ1v) is 13.8. The Bertz CT molecular complexity index is 1410. The third-order valence-electron chi connectivity index (χ3n) is 5.76. The van der Waals surface area contributed by atoms with E-state index in [2.05, 4.69) is 25.6 Å². The topological polar surface area (TPSA) is 98.3 Å². The number of aryl methyl sites for hydroxylation is 2. The summed E-state index contributed by atoms with van der Waals surface area (Å²) in [6.45, 7) is 3.92. The van der Waals surface area contributed by atoms with Gasteiger partial charge in [-0.15, -0.1) is 0 Å². The van der Waals surface area contributed by atoms with Gasteiger partial charge in [-0.05, 0) is 55.8 Å². The average Bonchev–Trinajstić information content (AvgIpc) is 3.42. The number of pyridine rings is 1. The van der Waals surface area contributed by atoms with Crippen LogP contribution >= 0.6 is 21.6 Å². The summed E-state index contributed by atoms with van der Waals surface area (Å²) in [6, 6.07) is 13.3. The molecule has 5 rings (SSSR count). The molecule has 36 heavy (non-hydrogen) atoms. The molecular weight excluding hydrogens is 494 g/mol. The Balaban J connectivity index is 1.40. The molecule has 1 aliphatic rings. The normalized spacial score (nSPS) is 13.5. The number of nitrogens with zero attached hydrogens (tertiary/aromatic N) is 3. The van der Waals surface area contributed by atoms with Gasteiger partial charge in [-0.1, -0.05) is 21.6 Å². The maximum atomic E-state index is 12.8. The van der Waals surface area contributed by atoms with Gasteiger partial charge >= 0.3 is 0 Å². The summed E-state index contributed by atoms with van der Waals surface area (Å²) in [5.41, 5.74) is 4.05. The van der Waals surface area contributed by atoms with Crippen molar-refractivity contribution in [2.24, 2.45) is 5.92 Å². The maximum absolute atomic E-state index is 12.8. The minimum absolute atomic E-state index is 0.00787. The highest BCUT2D eigenvalue weighted by atomic mass is 33.1. The first kappa shape index (κ1) is 24.2. The fraction of sp³-hybridized carbons (Fsp3) is 0.231. The lowest BCUT2D eigenvalue weighted by Gasteiger charge is -2.16. The van der Waals surface area contributed by atoms with Crippen LogP contribution in [0.25, 0.3) is 10.9 Å². The van der Waals surface area contributed by atoms with Gasteiger partial charge in [0.15, 0.2) is 0 Å². The molecule has 8 nitrogen and oxygen atoms in total. The van der Waals surface area contributed by atoms with Crippen molar-refractivity contribution < 1.29 is 14.3 Å². The van der Waals surface area contributed by atoms with Crippen LogP contribution in [0.5, 0.6) is 17.2 Å². The Morgan fingerprint density at radius 1 is 1.00 bits per heavy atom. The molecule has 0 radical (unpaired) electrons. The third-order valence-corrected chi connectivity index (χ3v) is 8.32. The lowest BCUT2D eigenvalue weighted by molar-refractivity contribution is -0.118. The third kappa shape index (κ3) is 5.34. The molecule has 0 spiro atoms. The van der Waals surface area contributed by atoms with E-state index in [1.807, 2.05) is 56.3 Å². The Hall–Kier alpha value is -3.50. The number of carbonyl (C=O) groups excluding carboxylic acids is 1. The zero-order valence-corrected chi connectivity index (χ0v) is 21.7. The number of amides is 1. The Labute approximate surface area is 217 Å². The van der Waals surface area contributed by atoms with Crippen molar-refractivity contribution >= 4 is 55.6 Å². The zero-order valence-electron chi connectivity index (χ0n) is 20.1. The number of ether oxygens (including phenoxy) is 2. The van der Waals surface area contributed by atoms with Crippen LogP contribution in [0.3, 0.4) is 0 Å². The van der Waals surface area contributed by atoms with Gasteiger partial charge in [-0.25, -0.2) is 9.97 Å². The van der Waals surface area contributed by atoms with Crippen LogP contribution in [-0.4, -0.2) is 39.5 Å². The van der Waals surface area contributed by atoms with Gasteiger partial charge in [0.25, 0.3) is 0 Å². The average molecular weight is 520 g/mol. The predicted octanol–water partition coefficient (Wildman–Crippen LogP) is 6.14. The lowest BCUT2D eigenvalue weighted by atomic mass is 10.1. The summed E-state index contributed by atoms with van der Waals surface area (Å²) in [5.74, 6) is 4.20. The van der Waals surface area contributed by atoms with E-state index < -0.39 is 0 Å². The quantitative estimate of drug-likeness (QED) is 0.279. The highest BCUT2D eigenvalue weighted by Crippen LogP contribution is 2.37. The summed E-state index contributed by atoms with van der Waals surface area (Å²) in [5, 5.41) is 7.19. The first-order valence-electron chi connectivity index (χ1n) is 11.4. The highest BCUT2D eigenvalue weighted by molar-refractivity contribution is 8.77. The fourth-order valence-corrected chi connectivity index (χ4v) is 6.54. The number of methoxy groups -OCH3 is 1. The van der Waals surface area contributed by atoms with Gasteiger partial charge in [-0.3, -0.25) is 9.78 Å². The van der Waals surface area contributed by atoms with Crippen molar-refractivity contribution in [2.75, 3.05) is 29.2 Å². The maximum Gasteiger partial charge on any atom is 0.229 e. The van der Waals surface area contributed by atoms with Crippen LogP contribution < -0.4 is 20.1 Å². The number of rotatable bonds is 7. The second-order valence-electron chi connectivity index (χ2n) is 8.39. The van der Waals surface area contributed by atoms with E-state index in [0.29, 0.717) is 28.5 Å². The number of hydrogen-bond donors (Lipinski definition) is 2. The number of aromatic nitrogens is 3. The van der Waals surface area contributed by atoms with Crippen molar-refractivity contribution in [3.05, 3.63) is 66.2 Å². The van der Waals surface area contributed by atoms with Gasteiger partial charge in [0.1, 0.15) is 29.4 Å². The Morgan fingerprint density at radius 2 is 1.83 bits per heavy atom. The molecule has 0 unspecified atom stereocenters. The number of benzene rings is 2. The molecule has 1 saturated heterocycles. The van der Waals surface area contributed by atoms with E-state index in [9.17, 15) is 4.79 Å². The van der Waals surface area contributed by atoms with Crippen molar-refractivity contribution in [1.29, 1.82) is 0 Å². The van der Waals surface area contributed by atoms with E-state index in [4.69, 9.17) is 9.47 Å². The van der Waals surface area contributed by atoms with Crippen LogP contribution in [-0.2, 0) is 4.79 Å². The van der Waals surface area contributed by atoms with Crippen molar-refractivity contribution in [1.82, 2.24) is 15.0 Å². The van der Waals surface area contributed by atoms with Gasteiger partial charge < -0.3 is 20.1 Å². The van der Waals surface area contributed by atoms with Gasteiger partial charge in [0.2, 0.25) is 5.91 Å². The molecule has 0 bridgehead atoms. The molecule has 0 atom stereocenters. The number of hydrogen-bond acceptors (Lipinski definition) is 9. The van der Waals surface area contributed by atoms with E-state index in [1.54, 1.807) is 34.9 Å². The molecule has 2 aromatic carbocycles. The molecule has 2 N–H and O–H groups in total. The molecule has 0 aliphatic carbocycles. The molecule has 4 aromatic rings. The number of fused-ring (bicyclic) bond motifs is 1. The van der Waals surface area contributed by atoms with E-state index in [-0.39, 0.29) is 11.8 Å². The highest BCUT2D eigenvalue weighted by Gasteiger charge is 2.25. The SMILES string of the molecule is COc1cc2ncnc(Nc3ccc(Oc4ccc(C)nc4)c(C)c3)c2cc1NC(=O)C1CSSC1. The van der Waals surface area contributed by atoms with Crippen LogP contribution in [0.15, 0.2) is 55.0 Å². The fourth-order valence-electron chi connectivity index (χ4n) is 3.76. The van der Waals surface area contributed by atoms with Gasteiger partial charge in [0.05, 0.1) is 30.4 Å². The predicted molar refractivity (Wildman–Crippen MR) is 147 cm³/mol. The summed E-state index contributed by atoms with van der Waals surface area (Å²) >= 11 is 0. The van der Waals surface area contributed by atoms with Crippen LogP contribution in [0.1, 0.15) is 11.3 Å². The molecular formula is C26H25N5O3S2. The smallest absolute Gasteiger partial charge is 0.229 e. The van der Waals surface area contributed by atoms with Crippen LogP contribution in [0.4, 0.5) is 17.2 Å². The molecule has 10 heteroatoms. The minimum Gasteiger partial charge on any atom is -0.494 e. The standard InChI is InChI=1S/C26H25N5O3S2/c1-15-8-18(5-7-23(15)34-19-6-4-16(2)27-11-19)30-25-20-9-22(31-26(32)17-12-35-36-13-17)24(33-3)10-21(20)28-14-29-25/h4-11,14,17H,12-13H2,1-3H3,(H,31,32)(H,28,29,30). The molecule has 2 aromatic heterocycles. The molecule has 184 valence electrons. The first-order chi connectivity index (χ1) is 17.5. The summed E-state index contributed by atoms with van der Waals surface area (Å²) in [7, 11) is 5.03.